The molecule has 2 rings (SSSR count). The molecule has 0 bridgehead atoms. The summed E-state index contributed by atoms with van der Waals surface area (Å²) in [5.74, 6) is 0.940. The largest absolute Gasteiger partial charge is 0.315 e. The van der Waals surface area contributed by atoms with Crippen molar-refractivity contribution in [2.75, 3.05) is 18.8 Å². The molecule has 70 valence electrons. The van der Waals surface area contributed by atoms with Crippen LogP contribution in [-0.4, -0.2) is 32.5 Å². The predicted molar refractivity (Wildman–Crippen MR) is 47.8 cm³/mol. The molecule has 1 aliphatic heterocycles. The average Bonchev–Trinajstić information content (AvgIpc) is 2.67. The second-order valence-corrected chi connectivity index (χ2v) is 6.21. The van der Waals surface area contributed by atoms with E-state index in [-0.39, 0.29) is 5.25 Å². The summed E-state index contributed by atoms with van der Waals surface area (Å²) in [5.41, 5.74) is 0. The minimum atomic E-state index is -2.76. The summed E-state index contributed by atoms with van der Waals surface area (Å²) < 4.78 is 23.3. The predicted octanol–water partition coefficient (Wildman–Crippen LogP) is 0.173. The van der Waals surface area contributed by atoms with Crippen LogP contribution >= 0.6 is 0 Å². The van der Waals surface area contributed by atoms with Crippen LogP contribution in [0.2, 0.25) is 0 Å². The Bertz CT molecular complexity index is 250. The molecule has 1 saturated carbocycles. The van der Waals surface area contributed by atoms with Crippen molar-refractivity contribution in [2.45, 2.75) is 24.5 Å². The van der Waals surface area contributed by atoms with E-state index >= 15 is 0 Å². The van der Waals surface area contributed by atoms with Crippen molar-refractivity contribution >= 4 is 9.84 Å². The zero-order valence-corrected chi connectivity index (χ0v) is 7.94. The fourth-order valence-corrected chi connectivity index (χ4v) is 3.80. The Labute approximate surface area is 73.5 Å². The summed E-state index contributed by atoms with van der Waals surface area (Å²) in [4.78, 5) is 0. The Morgan fingerprint density at radius 3 is 2.50 bits per heavy atom. The highest BCUT2D eigenvalue weighted by Gasteiger charge is 2.34. The zero-order chi connectivity index (χ0) is 8.60. The van der Waals surface area contributed by atoms with Gasteiger partial charge in [-0.05, 0) is 31.7 Å². The molecular formula is C8H15NO2S. The Hall–Kier alpha value is -0.0900. The van der Waals surface area contributed by atoms with Crippen LogP contribution in [0.15, 0.2) is 0 Å². The van der Waals surface area contributed by atoms with Crippen molar-refractivity contribution in [3.8, 4) is 0 Å². The van der Waals surface area contributed by atoms with Crippen LogP contribution in [0.25, 0.3) is 0 Å². The summed E-state index contributed by atoms with van der Waals surface area (Å²) in [6, 6.07) is 0. The molecule has 0 aromatic heterocycles. The quantitative estimate of drug-likeness (QED) is 0.688. The van der Waals surface area contributed by atoms with Gasteiger partial charge in [0.05, 0.1) is 11.0 Å². The van der Waals surface area contributed by atoms with Gasteiger partial charge in [-0.2, -0.15) is 0 Å². The van der Waals surface area contributed by atoms with E-state index in [0.29, 0.717) is 18.2 Å². The molecule has 1 aliphatic carbocycles. The molecule has 1 saturated heterocycles. The summed E-state index contributed by atoms with van der Waals surface area (Å²) in [7, 11) is -2.76. The Kier molecular flexibility index (Phi) is 2.12. The van der Waals surface area contributed by atoms with Crippen LogP contribution in [-0.2, 0) is 9.84 Å². The minimum absolute atomic E-state index is 0.0851. The summed E-state index contributed by atoms with van der Waals surface area (Å²) in [5, 5.41) is 3.01. The van der Waals surface area contributed by atoms with Crippen LogP contribution in [0.3, 0.4) is 0 Å². The number of sulfone groups is 1. The molecule has 0 unspecified atom stereocenters. The van der Waals surface area contributed by atoms with E-state index < -0.39 is 9.84 Å². The number of hydrogen-bond acceptors (Lipinski definition) is 3. The van der Waals surface area contributed by atoms with Gasteiger partial charge in [-0.3, -0.25) is 0 Å². The molecule has 0 radical (unpaired) electrons. The van der Waals surface area contributed by atoms with E-state index in [4.69, 9.17) is 0 Å². The highest BCUT2D eigenvalue weighted by atomic mass is 32.2. The van der Waals surface area contributed by atoms with Gasteiger partial charge >= 0.3 is 0 Å². The van der Waals surface area contributed by atoms with Gasteiger partial charge in [-0.15, -0.1) is 0 Å². The van der Waals surface area contributed by atoms with Gasteiger partial charge in [0.25, 0.3) is 0 Å². The van der Waals surface area contributed by atoms with Crippen LogP contribution in [0.5, 0.6) is 0 Å². The third kappa shape index (κ3) is 1.80. The van der Waals surface area contributed by atoms with Crippen molar-refractivity contribution in [3.63, 3.8) is 0 Å². The zero-order valence-electron chi connectivity index (χ0n) is 7.12. The van der Waals surface area contributed by atoms with E-state index in [2.05, 4.69) is 5.32 Å². The maximum atomic E-state index is 11.6. The maximum Gasteiger partial charge on any atom is 0.154 e. The van der Waals surface area contributed by atoms with Crippen LogP contribution < -0.4 is 5.32 Å². The number of hydrogen-bond donors (Lipinski definition) is 1. The molecule has 1 N–H and O–H groups in total. The lowest BCUT2D eigenvalue weighted by Gasteiger charge is -2.08. The standard InChI is InChI=1S/C8H15NO2S/c10-12(11,6-7-1-2-7)8-3-4-9-5-8/h7-9H,1-6H2/t8-/m1/s1. The van der Waals surface area contributed by atoms with E-state index in [1.54, 1.807) is 0 Å². The first kappa shape index (κ1) is 8.51. The van der Waals surface area contributed by atoms with Gasteiger partial charge < -0.3 is 5.32 Å². The SMILES string of the molecule is O=S(=O)(CC1CC1)[C@@H]1CCNC1. The molecule has 2 fully saturated rings. The summed E-state index contributed by atoms with van der Waals surface area (Å²) in [6.07, 6.45) is 3.06. The first-order valence-electron chi connectivity index (χ1n) is 4.61. The van der Waals surface area contributed by atoms with Gasteiger partial charge in [0.1, 0.15) is 0 Å². The molecule has 12 heavy (non-hydrogen) atoms. The van der Waals surface area contributed by atoms with Crippen molar-refractivity contribution < 1.29 is 8.42 Å². The lowest BCUT2D eigenvalue weighted by Crippen LogP contribution is -2.26. The van der Waals surface area contributed by atoms with Gasteiger partial charge in [-0.25, -0.2) is 8.42 Å². The van der Waals surface area contributed by atoms with Gasteiger partial charge in [0.2, 0.25) is 0 Å². The third-order valence-corrected chi connectivity index (χ3v) is 5.04. The van der Waals surface area contributed by atoms with Gasteiger partial charge in [0, 0.05) is 6.54 Å². The molecule has 0 aromatic rings. The first-order chi connectivity index (χ1) is 5.68. The number of nitrogens with one attached hydrogen (secondary N) is 1. The molecule has 0 aromatic carbocycles. The molecule has 2 aliphatic rings. The van der Waals surface area contributed by atoms with Crippen molar-refractivity contribution in [3.05, 3.63) is 0 Å². The van der Waals surface area contributed by atoms with Gasteiger partial charge in [0.15, 0.2) is 9.84 Å². The van der Waals surface area contributed by atoms with Crippen molar-refractivity contribution in [1.82, 2.24) is 5.32 Å². The normalized spacial score (nSPS) is 30.8. The molecule has 0 amide bonds. The topological polar surface area (TPSA) is 46.2 Å². The van der Waals surface area contributed by atoms with E-state index in [9.17, 15) is 8.42 Å². The third-order valence-electron chi connectivity index (χ3n) is 2.69. The molecule has 4 heteroatoms. The fourth-order valence-electron chi connectivity index (χ4n) is 1.68. The summed E-state index contributed by atoms with van der Waals surface area (Å²) in [6.45, 7) is 1.55. The monoisotopic (exact) mass is 189 g/mol. The lowest BCUT2D eigenvalue weighted by atomic mass is 10.4. The molecule has 3 nitrogen and oxygen atoms in total. The second kappa shape index (κ2) is 3.00. The smallest absolute Gasteiger partial charge is 0.154 e. The van der Waals surface area contributed by atoms with E-state index in [1.165, 1.54) is 0 Å². The Morgan fingerprint density at radius 2 is 2.00 bits per heavy atom. The number of rotatable bonds is 3. The fraction of sp³-hybridized carbons (Fsp3) is 1.00. The Balaban J connectivity index is 1.97. The van der Waals surface area contributed by atoms with Crippen LogP contribution in [0.4, 0.5) is 0 Å². The molecule has 1 heterocycles. The minimum Gasteiger partial charge on any atom is -0.315 e. The van der Waals surface area contributed by atoms with Crippen LogP contribution in [0.1, 0.15) is 19.3 Å². The molecule has 1 atom stereocenters. The van der Waals surface area contributed by atoms with Crippen molar-refractivity contribution in [2.24, 2.45) is 5.92 Å². The van der Waals surface area contributed by atoms with Crippen molar-refractivity contribution in [1.29, 1.82) is 0 Å². The molecular weight excluding hydrogens is 174 g/mol. The summed E-state index contributed by atoms with van der Waals surface area (Å²) >= 11 is 0. The second-order valence-electron chi connectivity index (χ2n) is 3.89. The highest BCUT2D eigenvalue weighted by Crippen LogP contribution is 2.31. The average molecular weight is 189 g/mol. The van der Waals surface area contributed by atoms with E-state index in [0.717, 1.165) is 25.8 Å². The Morgan fingerprint density at radius 1 is 1.25 bits per heavy atom. The van der Waals surface area contributed by atoms with Gasteiger partial charge in [-0.1, -0.05) is 0 Å². The molecule has 0 spiro atoms. The van der Waals surface area contributed by atoms with Crippen LogP contribution in [0, 0.1) is 5.92 Å². The highest BCUT2D eigenvalue weighted by molar-refractivity contribution is 7.92. The van der Waals surface area contributed by atoms with E-state index in [1.807, 2.05) is 0 Å². The maximum absolute atomic E-state index is 11.6. The first-order valence-corrected chi connectivity index (χ1v) is 6.32. The lowest BCUT2D eigenvalue weighted by molar-refractivity contribution is 0.579.